The van der Waals surface area contributed by atoms with E-state index >= 15 is 0 Å². The smallest absolute Gasteiger partial charge is 0.275 e. The maximum absolute atomic E-state index is 12.3. The van der Waals surface area contributed by atoms with Gasteiger partial charge in [0.05, 0.1) is 37.9 Å². The van der Waals surface area contributed by atoms with Gasteiger partial charge in [0.15, 0.2) is 6.54 Å². The molecule has 0 aromatic heterocycles. The number of phenols is 1. The molecule has 0 unspecified atom stereocenters. The number of hydrogen-bond acceptors (Lipinski definition) is 3. The molecule has 1 atom stereocenters. The molecule has 2 aromatic carbocycles. The quantitative estimate of drug-likeness (QED) is 0.760. The highest BCUT2D eigenvalue weighted by Gasteiger charge is 2.24. The van der Waals surface area contributed by atoms with Crippen molar-refractivity contribution in [1.29, 1.82) is 0 Å². The topological polar surface area (TPSA) is 57.0 Å². The summed E-state index contributed by atoms with van der Waals surface area (Å²) in [6.45, 7) is 5.97. The molecule has 0 radical (unpaired) electrons. The molecule has 5 nitrogen and oxygen atoms in total. The standard InChI is InChI=1S/C20H25N3O2/c1-16(17-7-3-2-4-8-17)21-20(25)15-22-11-13-23(14-12-22)18-9-5-6-10-19(18)24/h2-10,16,24H,11-15H2,1H3,(H,21,25)/p+1/t16-/m0/s1. The minimum absolute atomic E-state index is 0.0238. The molecule has 3 rings (SSSR count). The fourth-order valence-corrected chi connectivity index (χ4v) is 3.32. The van der Waals surface area contributed by atoms with Gasteiger partial charge in [0, 0.05) is 0 Å². The van der Waals surface area contributed by atoms with Crippen LogP contribution in [0.15, 0.2) is 54.6 Å². The lowest BCUT2D eigenvalue weighted by molar-refractivity contribution is -0.892. The normalized spacial score (nSPS) is 16.4. The van der Waals surface area contributed by atoms with Gasteiger partial charge in [-0.15, -0.1) is 0 Å². The first-order chi connectivity index (χ1) is 12.1. The number of phenolic OH excluding ortho intramolecular Hbond substituents is 1. The Morgan fingerprint density at radius 2 is 1.76 bits per heavy atom. The van der Waals surface area contributed by atoms with Gasteiger partial charge < -0.3 is 20.2 Å². The van der Waals surface area contributed by atoms with Crippen LogP contribution in [0.2, 0.25) is 0 Å². The molecular weight excluding hydrogens is 314 g/mol. The van der Waals surface area contributed by atoms with Crippen molar-refractivity contribution in [2.24, 2.45) is 0 Å². The monoisotopic (exact) mass is 340 g/mol. The number of benzene rings is 2. The van der Waals surface area contributed by atoms with E-state index in [1.807, 2.05) is 55.5 Å². The first-order valence-electron chi connectivity index (χ1n) is 8.84. The zero-order valence-electron chi connectivity index (χ0n) is 14.6. The average Bonchev–Trinajstić information content (AvgIpc) is 2.63. The summed E-state index contributed by atoms with van der Waals surface area (Å²) in [4.78, 5) is 15.8. The second-order valence-electron chi connectivity index (χ2n) is 6.60. The van der Waals surface area contributed by atoms with Crippen molar-refractivity contribution >= 4 is 11.6 Å². The molecule has 2 aromatic rings. The number of carbonyl (C=O) groups excluding carboxylic acids is 1. The van der Waals surface area contributed by atoms with Crippen LogP contribution in [-0.4, -0.2) is 43.7 Å². The Labute approximate surface area is 148 Å². The Bertz CT molecular complexity index is 697. The number of quaternary nitrogens is 1. The van der Waals surface area contributed by atoms with E-state index in [-0.39, 0.29) is 11.9 Å². The second-order valence-corrected chi connectivity index (χ2v) is 6.60. The molecule has 132 valence electrons. The van der Waals surface area contributed by atoms with Crippen LogP contribution in [0.5, 0.6) is 5.75 Å². The van der Waals surface area contributed by atoms with Crippen molar-refractivity contribution in [3.05, 3.63) is 60.2 Å². The van der Waals surface area contributed by atoms with Crippen LogP contribution in [0.1, 0.15) is 18.5 Å². The summed E-state index contributed by atoms with van der Waals surface area (Å²) in [5, 5.41) is 13.1. The van der Waals surface area contributed by atoms with Crippen LogP contribution < -0.4 is 15.1 Å². The molecule has 1 fully saturated rings. The fraction of sp³-hybridized carbons (Fsp3) is 0.350. The lowest BCUT2D eigenvalue weighted by atomic mass is 10.1. The number of carbonyl (C=O) groups is 1. The van der Waals surface area contributed by atoms with E-state index in [2.05, 4.69) is 10.2 Å². The minimum atomic E-state index is 0.0238. The van der Waals surface area contributed by atoms with Crippen molar-refractivity contribution in [3.63, 3.8) is 0 Å². The summed E-state index contributed by atoms with van der Waals surface area (Å²) < 4.78 is 0. The molecule has 0 bridgehead atoms. The number of anilines is 1. The van der Waals surface area contributed by atoms with Crippen LogP contribution in [0.25, 0.3) is 0 Å². The van der Waals surface area contributed by atoms with Crippen molar-refractivity contribution in [3.8, 4) is 5.75 Å². The molecule has 1 aliphatic heterocycles. The van der Waals surface area contributed by atoms with E-state index in [1.165, 1.54) is 4.90 Å². The SMILES string of the molecule is C[C@H](NC(=O)C[NH+]1CCN(c2ccccc2O)CC1)c1ccccc1. The summed E-state index contributed by atoms with van der Waals surface area (Å²) in [6, 6.07) is 17.5. The summed E-state index contributed by atoms with van der Waals surface area (Å²) in [5.74, 6) is 0.405. The van der Waals surface area contributed by atoms with E-state index in [0.717, 1.165) is 37.4 Å². The van der Waals surface area contributed by atoms with Gasteiger partial charge in [-0.1, -0.05) is 42.5 Å². The minimum Gasteiger partial charge on any atom is -0.506 e. The Hall–Kier alpha value is -2.53. The van der Waals surface area contributed by atoms with Crippen LogP contribution in [0.3, 0.4) is 0 Å². The Balaban J connectivity index is 1.47. The lowest BCUT2D eigenvalue weighted by Crippen LogP contribution is -3.15. The van der Waals surface area contributed by atoms with E-state index in [4.69, 9.17) is 0 Å². The molecule has 0 aliphatic carbocycles. The van der Waals surface area contributed by atoms with Crippen molar-refractivity contribution < 1.29 is 14.8 Å². The van der Waals surface area contributed by atoms with E-state index in [9.17, 15) is 9.90 Å². The lowest BCUT2D eigenvalue weighted by Gasteiger charge is -2.33. The number of nitrogens with zero attached hydrogens (tertiary/aromatic N) is 1. The number of para-hydroxylation sites is 2. The number of piperazine rings is 1. The average molecular weight is 340 g/mol. The zero-order chi connectivity index (χ0) is 17.6. The van der Waals surface area contributed by atoms with Gasteiger partial charge in [0.1, 0.15) is 5.75 Å². The number of aromatic hydroxyl groups is 1. The van der Waals surface area contributed by atoms with E-state index in [1.54, 1.807) is 6.07 Å². The number of amides is 1. The molecule has 5 heteroatoms. The summed E-state index contributed by atoms with van der Waals surface area (Å²) in [7, 11) is 0. The predicted octanol–water partition coefficient (Wildman–Crippen LogP) is 0.975. The number of rotatable bonds is 5. The molecule has 1 saturated heterocycles. The zero-order valence-corrected chi connectivity index (χ0v) is 14.6. The summed E-state index contributed by atoms with van der Waals surface area (Å²) in [5.41, 5.74) is 2.00. The highest BCUT2D eigenvalue weighted by molar-refractivity contribution is 5.77. The van der Waals surface area contributed by atoms with Gasteiger partial charge in [-0.05, 0) is 24.6 Å². The van der Waals surface area contributed by atoms with Crippen LogP contribution >= 0.6 is 0 Å². The second kappa shape index (κ2) is 8.03. The number of nitrogens with one attached hydrogen (secondary N) is 2. The summed E-state index contributed by atoms with van der Waals surface area (Å²) >= 11 is 0. The third-order valence-corrected chi connectivity index (χ3v) is 4.78. The van der Waals surface area contributed by atoms with Gasteiger partial charge in [0.2, 0.25) is 0 Å². The Morgan fingerprint density at radius 3 is 2.44 bits per heavy atom. The van der Waals surface area contributed by atoms with Crippen LogP contribution in [-0.2, 0) is 4.79 Å². The highest BCUT2D eigenvalue weighted by atomic mass is 16.3. The molecule has 25 heavy (non-hydrogen) atoms. The molecule has 0 spiro atoms. The Morgan fingerprint density at radius 1 is 1.12 bits per heavy atom. The highest BCUT2D eigenvalue weighted by Crippen LogP contribution is 2.25. The largest absolute Gasteiger partial charge is 0.506 e. The fourth-order valence-electron chi connectivity index (χ4n) is 3.32. The molecule has 1 aliphatic rings. The third kappa shape index (κ3) is 4.51. The van der Waals surface area contributed by atoms with Gasteiger partial charge in [-0.25, -0.2) is 0 Å². The first kappa shape index (κ1) is 17.3. The van der Waals surface area contributed by atoms with Crippen molar-refractivity contribution in [2.75, 3.05) is 37.6 Å². The van der Waals surface area contributed by atoms with E-state index in [0.29, 0.717) is 12.3 Å². The third-order valence-electron chi connectivity index (χ3n) is 4.78. The summed E-state index contributed by atoms with van der Waals surface area (Å²) in [6.07, 6.45) is 0. The van der Waals surface area contributed by atoms with Crippen molar-refractivity contribution in [1.82, 2.24) is 5.32 Å². The molecular formula is C20H26N3O2+. The van der Waals surface area contributed by atoms with Crippen molar-refractivity contribution in [2.45, 2.75) is 13.0 Å². The van der Waals surface area contributed by atoms with Gasteiger partial charge in [-0.3, -0.25) is 4.79 Å². The van der Waals surface area contributed by atoms with Gasteiger partial charge in [0.25, 0.3) is 5.91 Å². The first-order valence-corrected chi connectivity index (χ1v) is 8.84. The maximum atomic E-state index is 12.3. The molecule has 0 saturated carbocycles. The predicted molar refractivity (Wildman–Crippen MR) is 98.9 cm³/mol. The Kier molecular flexibility index (Phi) is 5.56. The van der Waals surface area contributed by atoms with Crippen LogP contribution in [0.4, 0.5) is 5.69 Å². The van der Waals surface area contributed by atoms with Gasteiger partial charge >= 0.3 is 0 Å². The molecule has 1 amide bonds. The molecule has 1 heterocycles. The van der Waals surface area contributed by atoms with Crippen LogP contribution in [0, 0.1) is 0 Å². The van der Waals surface area contributed by atoms with Gasteiger partial charge in [-0.2, -0.15) is 0 Å². The maximum Gasteiger partial charge on any atom is 0.275 e. The molecule has 3 N–H and O–H groups in total. The number of hydrogen-bond donors (Lipinski definition) is 3. The van der Waals surface area contributed by atoms with E-state index < -0.39 is 0 Å².